The number of carboxylic acid groups (broad SMARTS) is 1. The fourth-order valence-electron chi connectivity index (χ4n) is 4.61. The predicted octanol–water partition coefficient (Wildman–Crippen LogP) is 2.15. The molecule has 3 fully saturated rings. The zero-order chi connectivity index (χ0) is 15.7. The summed E-state index contributed by atoms with van der Waals surface area (Å²) in [6.45, 7) is 4.14. The quantitative estimate of drug-likeness (QED) is 0.867. The van der Waals surface area contributed by atoms with Crippen molar-refractivity contribution in [3.63, 3.8) is 0 Å². The third-order valence-corrected chi connectivity index (χ3v) is 5.99. The van der Waals surface area contributed by atoms with Crippen LogP contribution in [0.4, 0.5) is 0 Å². The number of ether oxygens (including phenoxy) is 1. The Morgan fingerprint density at radius 3 is 2.86 bits per heavy atom. The van der Waals surface area contributed by atoms with Gasteiger partial charge in [0, 0.05) is 32.0 Å². The smallest absolute Gasteiger partial charge is 0.311 e. The lowest BCUT2D eigenvalue weighted by Crippen LogP contribution is -2.45. The summed E-state index contributed by atoms with van der Waals surface area (Å²) in [5.74, 6) is 0.534. The monoisotopic (exact) mass is 309 g/mol. The molecule has 124 valence electrons. The number of hydrogen-bond acceptors (Lipinski definition) is 3. The van der Waals surface area contributed by atoms with Crippen molar-refractivity contribution < 1.29 is 19.4 Å². The van der Waals surface area contributed by atoms with Crippen LogP contribution in [0.3, 0.4) is 0 Å². The number of fused-ring (bicyclic) bond motifs is 1. The summed E-state index contributed by atoms with van der Waals surface area (Å²) in [4.78, 5) is 26.2. The maximum absolute atomic E-state index is 12.6. The summed E-state index contributed by atoms with van der Waals surface area (Å²) in [7, 11) is 0. The largest absolute Gasteiger partial charge is 0.481 e. The van der Waals surface area contributed by atoms with E-state index < -0.39 is 11.4 Å². The highest BCUT2D eigenvalue weighted by molar-refractivity contribution is 5.81. The Bertz CT molecular complexity index is 452. The summed E-state index contributed by atoms with van der Waals surface area (Å²) < 4.78 is 5.45. The van der Waals surface area contributed by atoms with Gasteiger partial charge in [-0.25, -0.2) is 0 Å². The number of hydrogen-bond donors (Lipinski definition) is 1. The van der Waals surface area contributed by atoms with E-state index in [2.05, 4.69) is 6.92 Å². The number of amides is 1. The molecule has 5 nitrogen and oxygen atoms in total. The molecule has 0 aromatic heterocycles. The molecule has 0 aromatic carbocycles. The van der Waals surface area contributed by atoms with Crippen molar-refractivity contribution >= 4 is 11.9 Å². The maximum atomic E-state index is 12.6. The van der Waals surface area contributed by atoms with Crippen LogP contribution in [0.1, 0.15) is 45.4 Å². The first-order chi connectivity index (χ1) is 10.5. The van der Waals surface area contributed by atoms with Crippen molar-refractivity contribution in [1.82, 2.24) is 4.90 Å². The molecule has 1 aliphatic carbocycles. The van der Waals surface area contributed by atoms with Crippen molar-refractivity contribution in [2.24, 2.45) is 23.2 Å². The first kappa shape index (κ1) is 15.8. The van der Waals surface area contributed by atoms with Crippen LogP contribution < -0.4 is 0 Å². The third kappa shape index (κ3) is 2.87. The summed E-state index contributed by atoms with van der Waals surface area (Å²) in [5.41, 5.74) is -0.770. The van der Waals surface area contributed by atoms with Crippen molar-refractivity contribution in [3.8, 4) is 0 Å². The van der Waals surface area contributed by atoms with E-state index in [9.17, 15) is 14.7 Å². The molecule has 1 saturated carbocycles. The minimum Gasteiger partial charge on any atom is -0.481 e. The van der Waals surface area contributed by atoms with Crippen molar-refractivity contribution in [2.75, 3.05) is 26.3 Å². The Kier molecular flexibility index (Phi) is 4.44. The van der Waals surface area contributed by atoms with Crippen molar-refractivity contribution in [2.45, 2.75) is 45.4 Å². The normalized spacial score (nSPS) is 38.6. The zero-order valence-electron chi connectivity index (χ0n) is 13.4. The van der Waals surface area contributed by atoms with Gasteiger partial charge in [-0.3, -0.25) is 9.59 Å². The molecule has 0 radical (unpaired) electrons. The molecule has 2 heterocycles. The summed E-state index contributed by atoms with van der Waals surface area (Å²) in [5, 5.41) is 9.66. The van der Waals surface area contributed by atoms with Crippen LogP contribution in [-0.2, 0) is 14.3 Å². The van der Waals surface area contributed by atoms with E-state index >= 15 is 0 Å². The Hall–Kier alpha value is -1.10. The van der Waals surface area contributed by atoms with Gasteiger partial charge in [0.25, 0.3) is 0 Å². The first-order valence-corrected chi connectivity index (χ1v) is 8.60. The number of carboxylic acids is 1. The van der Waals surface area contributed by atoms with E-state index in [-0.39, 0.29) is 11.8 Å². The topological polar surface area (TPSA) is 66.8 Å². The molecule has 2 saturated heterocycles. The Balaban J connectivity index is 1.63. The van der Waals surface area contributed by atoms with Gasteiger partial charge in [-0.05, 0) is 31.1 Å². The summed E-state index contributed by atoms with van der Waals surface area (Å²) in [6.07, 6.45) is 5.88. The van der Waals surface area contributed by atoms with E-state index in [1.165, 1.54) is 12.8 Å². The van der Waals surface area contributed by atoms with Gasteiger partial charge < -0.3 is 14.7 Å². The first-order valence-electron chi connectivity index (χ1n) is 8.60. The molecule has 0 aromatic rings. The molecule has 1 amide bonds. The van der Waals surface area contributed by atoms with Gasteiger partial charge in [0.2, 0.25) is 5.91 Å². The van der Waals surface area contributed by atoms with E-state index in [0.717, 1.165) is 12.8 Å². The molecule has 0 bridgehead atoms. The van der Waals surface area contributed by atoms with Crippen LogP contribution in [-0.4, -0.2) is 48.2 Å². The standard InChI is InChI=1S/C17H27NO4/c1-12-3-2-4-13(7-12)8-15(19)18-9-14-10-22-6-5-17(14,11-18)16(20)21/h12-14H,2-11H2,1H3,(H,20,21)/t12?,13?,14-,17+/m0/s1. The minimum absolute atomic E-state index is 0.0482. The SMILES string of the molecule is CC1CCCC(CC(=O)N2C[C@H]3COCC[C@@]3(C(=O)O)C2)C1. The number of likely N-dealkylation sites (tertiary alicyclic amines) is 1. The molecule has 3 aliphatic rings. The van der Waals surface area contributed by atoms with Gasteiger partial charge >= 0.3 is 5.97 Å². The molecule has 0 spiro atoms. The number of nitrogens with zero attached hydrogens (tertiary/aromatic N) is 1. The molecule has 1 N–H and O–H groups in total. The number of carbonyl (C=O) groups is 2. The molecular formula is C17H27NO4. The van der Waals surface area contributed by atoms with Crippen molar-refractivity contribution in [3.05, 3.63) is 0 Å². The molecular weight excluding hydrogens is 282 g/mol. The number of carbonyl (C=O) groups excluding carboxylic acids is 1. The number of aliphatic carboxylic acids is 1. The highest BCUT2D eigenvalue weighted by Gasteiger charge is 2.54. The molecule has 22 heavy (non-hydrogen) atoms. The molecule has 3 rings (SSSR count). The van der Waals surface area contributed by atoms with Gasteiger partial charge in [0.05, 0.1) is 12.0 Å². The zero-order valence-corrected chi connectivity index (χ0v) is 13.4. The van der Waals surface area contributed by atoms with E-state index in [1.54, 1.807) is 4.90 Å². The van der Waals surface area contributed by atoms with E-state index in [0.29, 0.717) is 51.0 Å². The molecule has 5 heteroatoms. The van der Waals surface area contributed by atoms with E-state index in [4.69, 9.17) is 4.74 Å². The van der Waals surface area contributed by atoms with Crippen LogP contribution >= 0.6 is 0 Å². The highest BCUT2D eigenvalue weighted by atomic mass is 16.5. The second-order valence-electron chi connectivity index (χ2n) is 7.60. The van der Waals surface area contributed by atoms with Crippen molar-refractivity contribution in [1.29, 1.82) is 0 Å². The van der Waals surface area contributed by atoms with Crippen LogP contribution in [0.25, 0.3) is 0 Å². The van der Waals surface area contributed by atoms with Crippen LogP contribution in [0, 0.1) is 23.2 Å². The van der Waals surface area contributed by atoms with Crippen LogP contribution in [0.5, 0.6) is 0 Å². The molecule has 2 aliphatic heterocycles. The van der Waals surface area contributed by atoms with Gasteiger partial charge in [-0.2, -0.15) is 0 Å². The van der Waals surface area contributed by atoms with Crippen LogP contribution in [0.2, 0.25) is 0 Å². The molecule has 2 unspecified atom stereocenters. The Labute approximate surface area is 132 Å². The Morgan fingerprint density at radius 1 is 1.36 bits per heavy atom. The average Bonchev–Trinajstić information content (AvgIpc) is 2.88. The lowest BCUT2D eigenvalue weighted by molar-refractivity contribution is -0.157. The van der Waals surface area contributed by atoms with Gasteiger partial charge in [0.15, 0.2) is 0 Å². The average molecular weight is 309 g/mol. The minimum atomic E-state index is -0.770. The lowest BCUT2D eigenvalue weighted by Gasteiger charge is -2.33. The number of rotatable bonds is 3. The highest BCUT2D eigenvalue weighted by Crippen LogP contribution is 2.43. The molecule has 4 atom stereocenters. The fraction of sp³-hybridized carbons (Fsp3) is 0.882. The second kappa shape index (κ2) is 6.19. The fourth-order valence-corrected chi connectivity index (χ4v) is 4.61. The van der Waals surface area contributed by atoms with Gasteiger partial charge in [-0.1, -0.05) is 19.8 Å². The second-order valence-corrected chi connectivity index (χ2v) is 7.60. The predicted molar refractivity (Wildman–Crippen MR) is 81.3 cm³/mol. The third-order valence-electron chi connectivity index (χ3n) is 5.99. The maximum Gasteiger partial charge on any atom is 0.311 e. The summed E-state index contributed by atoms with van der Waals surface area (Å²) in [6, 6.07) is 0. The lowest BCUT2D eigenvalue weighted by atomic mass is 9.74. The van der Waals surface area contributed by atoms with Gasteiger partial charge in [0.1, 0.15) is 0 Å². The van der Waals surface area contributed by atoms with Gasteiger partial charge in [-0.15, -0.1) is 0 Å². The van der Waals surface area contributed by atoms with Crippen LogP contribution in [0.15, 0.2) is 0 Å². The van der Waals surface area contributed by atoms with E-state index in [1.807, 2.05) is 0 Å². The Morgan fingerprint density at radius 2 is 2.18 bits per heavy atom. The summed E-state index contributed by atoms with van der Waals surface area (Å²) >= 11 is 0.